The lowest BCUT2D eigenvalue weighted by Gasteiger charge is -2.33. The third kappa shape index (κ3) is 3.59. The molecule has 0 N–H and O–H groups in total. The van der Waals surface area contributed by atoms with Crippen molar-refractivity contribution in [3.05, 3.63) is 0 Å². The fourth-order valence-corrected chi connectivity index (χ4v) is 4.75. The van der Waals surface area contributed by atoms with Crippen LogP contribution in [0.1, 0.15) is 13.8 Å². The summed E-state index contributed by atoms with van der Waals surface area (Å²) in [4.78, 5) is 0. The quantitative estimate of drug-likeness (QED) is 0.490. The van der Waals surface area contributed by atoms with E-state index in [1.165, 1.54) is 6.04 Å². The molecule has 11 heavy (non-hydrogen) atoms. The molecule has 1 unspecified atom stereocenters. The number of hydrogen-bond acceptors (Lipinski definition) is 1. The van der Waals surface area contributed by atoms with Gasteiger partial charge in [0.15, 0.2) is 0 Å². The molecule has 0 saturated carbocycles. The van der Waals surface area contributed by atoms with Crippen LogP contribution < -0.4 is 0 Å². The summed E-state index contributed by atoms with van der Waals surface area (Å²) in [6, 6.07) is 1.30. The van der Waals surface area contributed by atoms with Gasteiger partial charge in [0.05, 0.1) is 0 Å². The van der Waals surface area contributed by atoms with Crippen molar-refractivity contribution in [2.75, 3.05) is 19.6 Å². The predicted octanol–water partition coefficient (Wildman–Crippen LogP) is 2.56. The summed E-state index contributed by atoms with van der Waals surface area (Å²) in [7, 11) is 3.03. The number of hydrogen-bond donors (Lipinski definition) is 0. The summed E-state index contributed by atoms with van der Waals surface area (Å²) in [6.45, 7) is 6.88. The van der Waals surface area contributed by atoms with Gasteiger partial charge in [-0.3, -0.25) is 0 Å². The fourth-order valence-electron chi connectivity index (χ4n) is 1.24. The Labute approximate surface area is 76.8 Å². The van der Waals surface area contributed by atoms with E-state index >= 15 is 0 Å². The predicted molar refractivity (Wildman–Crippen MR) is 55.7 cm³/mol. The highest BCUT2D eigenvalue weighted by Gasteiger charge is 2.29. The van der Waals surface area contributed by atoms with Crippen LogP contribution in [0, 0.1) is 5.92 Å². The van der Waals surface area contributed by atoms with Gasteiger partial charge in [0.25, 0.3) is 0 Å². The maximum Gasteiger partial charge on any atom is 0.139 e. The Hall–Kier alpha value is 0.467. The number of nitrogens with zero attached hydrogens (tertiary/aromatic N) is 1. The molecule has 0 amide bonds. The summed E-state index contributed by atoms with van der Waals surface area (Å²) in [5.74, 6) is 0.771. The minimum atomic E-state index is -1.27. The Morgan fingerprint density at radius 1 is 1.36 bits per heavy atom. The Morgan fingerprint density at radius 3 is 1.91 bits per heavy atom. The van der Waals surface area contributed by atoms with Crippen LogP contribution in [0.15, 0.2) is 0 Å². The third-order valence-electron chi connectivity index (χ3n) is 2.22. The topological polar surface area (TPSA) is 3.24 Å². The molecule has 0 spiro atoms. The molecule has 0 rings (SSSR count). The standard InChI is InChI=1S/C8H20ClNSi/c1-8(2)6-11(5,7-9)10(3)4/h8H,6-7H2,1-5H3. The van der Waals surface area contributed by atoms with Crippen LogP contribution in [0.2, 0.25) is 12.6 Å². The van der Waals surface area contributed by atoms with E-state index in [-0.39, 0.29) is 0 Å². The van der Waals surface area contributed by atoms with Gasteiger partial charge in [-0.1, -0.05) is 20.4 Å². The molecule has 0 aromatic rings. The van der Waals surface area contributed by atoms with E-state index in [4.69, 9.17) is 11.6 Å². The monoisotopic (exact) mass is 193 g/mol. The first-order valence-electron chi connectivity index (χ1n) is 4.16. The van der Waals surface area contributed by atoms with Crippen LogP contribution in [0.5, 0.6) is 0 Å². The molecule has 1 nitrogen and oxygen atoms in total. The maximum atomic E-state index is 5.97. The normalized spacial score (nSPS) is 17.5. The average Bonchev–Trinajstić information content (AvgIpc) is 1.86. The summed E-state index contributed by atoms with van der Waals surface area (Å²) < 4.78 is 2.35. The van der Waals surface area contributed by atoms with Gasteiger partial charge >= 0.3 is 0 Å². The smallest absolute Gasteiger partial charge is 0.139 e. The molecular formula is C8H20ClNSi. The zero-order chi connectivity index (χ0) is 9.07. The molecular weight excluding hydrogens is 174 g/mol. The highest BCUT2D eigenvalue weighted by atomic mass is 35.5. The Balaban J connectivity index is 4.10. The van der Waals surface area contributed by atoms with Crippen molar-refractivity contribution in [2.24, 2.45) is 5.92 Å². The van der Waals surface area contributed by atoms with E-state index in [1.54, 1.807) is 0 Å². The van der Waals surface area contributed by atoms with Crippen LogP contribution >= 0.6 is 11.6 Å². The Morgan fingerprint density at radius 2 is 1.82 bits per heavy atom. The molecule has 0 heterocycles. The largest absolute Gasteiger partial charge is 0.328 e. The third-order valence-corrected chi connectivity index (χ3v) is 8.37. The molecule has 0 fully saturated rings. The highest BCUT2D eigenvalue weighted by molar-refractivity contribution is 6.81. The Bertz CT molecular complexity index is 117. The second-order valence-corrected chi connectivity index (χ2v) is 9.49. The first-order chi connectivity index (χ1) is 4.92. The molecule has 0 aliphatic heterocycles. The van der Waals surface area contributed by atoms with E-state index in [9.17, 15) is 0 Å². The second kappa shape index (κ2) is 4.48. The van der Waals surface area contributed by atoms with Crippen molar-refractivity contribution < 1.29 is 0 Å². The maximum absolute atomic E-state index is 5.97. The molecule has 0 aliphatic carbocycles. The van der Waals surface area contributed by atoms with Crippen LogP contribution in [0.3, 0.4) is 0 Å². The highest BCUT2D eigenvalue weighted by Crippen LogP contribution is 2.19. The van der Waals surface area contributed by atoms with E-state index in [1.807, 2.05) is 0 Å². The zero-order valence-electron chi connectivity index (χ0n) is 8.32. The molecule has 3 heteroatoms. The SMILES string of the molecule is CC(C)C[Si](C)(CCl)N(C)C. The fraction of sp³-hybridized carbons (Fsp3) is 1.00. The minimum absolute atomic E-state index is 0.771. The summed E-state index contributed by atoms with van der Waals surface area (Å²) in [6.07, 6.45) is 0. The Kier molecular flexibility index (Phi) is 4.67. The average molecular weight is 194 g/mol. The van der Waals surface area contributed by atoms with Crippen molar-refractivity contribution in [3.8, 4) is 0 Å². The molecule has 0 bridgehead atoms. The van der Waals surface area contributed by atoms with Crippen LogP contribution in [0.4, 0.5) is 0 Å². The molecule has 68 valence electrons. The summed E-state index contributed by atoms with van der Waals surface area (Å²) in [5, 5.41) is 0. The van der Waals surface area contributed by atoms with E-state index < -0.39 is 8.24 Å². The molecule has 0 radical (unpaired) electrons. The number of alkyl halides is 1. The van der Waals surface area contributed by atoms with Crippen molar-refractivity contribution >= 4 is 19.8 Å². The van der Waals surface area contributed by atoms with Crippen molar-refractivity contribution in [2.45, 2.75) is 26.4 Å². The van der Waals surface area contributed by atoms with Gasteiger partial charge in [-0.15, -0.1) is 11.6 Å². The van der Waals surface area contributed by atoms with Crippen LogP contribution in [0.25, 0.3) is 0 Å². The summed E-state index contributed by atoms with van der Waals surface area (Å²) >= 11 is 5.97. The first-order valence-corrected chi connectivity index (χ1v) is 7.55. The molecule has 1 atom stereocenters. The lowest BCUT2D eigenvalue weighted by molar-refractivity contribution is 0.587. The molecule has 0 aromatic carbocycles. The van der Waals surface area contributed by atoms with Crippen molar-refractivity contribution in [3.63, 3.8) is 0 Å². The van der Waals surface area contributed by atoms with E-state index in [2.05, 4.69) is 39.1 Å². The first kappa shape index (κ1) is 11.5. The van der Waals surface area contributed by atoms with Crippen LogP contribution in [-0.2, 0) is 0 Å². The van der Waals surface area contributed by atoms with E-state index in [0.29, 0.717) is 0 Å². The van der Waals surface area contributed by atoms with Gasteiger partial charge in [-0.25, -0.2) is 0 Å². The van der Waals surface area contributed by atoms with Crippen molar-refractivity contribution in [1.82, 2.24) is 4.57 Å². The second-order valence-electron chi connectivity index (χ2n) is 4.12. The lowest BCUT2D eigenvalue weighted by atomic mass is 10.3. The van der Waals surface area contributed by atoms with Gasteiger partial charge in [0.1, 0.15) is 8.24 Å². The number of rotatable bonds is 4. The van der Waals surface area contributed by atoms with E-state index in [0.717, 1.165) is 11.4 Å². The van der Waals surface area contributed by atoms with Gasteiger partial charge in [0.2, 0.25) is 0 Å². The summed E-state index contributed by atoms with van der Waals surface area (Å²) in [5.41, 5.74) is 0.845. The van der Waals surface area contributed by atoms with Gasteiger partial charge in [-0.05, 0) is 26.1 Å². The van der Waals surface area contributed by atoms with Gasteiger partial charge < -0.3 is 4.57 Å². The van der Waals surface area contributed by atoms with Gasteiger partial charge in [0, 0.05) is 5.50 Å². The lowest BCUT2D eigenvalue weighted by Crippen LogP contribution is -2.49. The molecule has 0 aliphatic rings. The number of halogens is 1. The molecule has 0 saturated heterocycles. The molecule has 0 aromatic heterocycles. The zero-order valence-corrected chi connectivity index (χ0v) is 10.1. The van der Waals surface area contributed by atoms with Gasteiger partial charge in [-0.2, -0.15) is 0 Å². The van der Waals surface area contributed by atoms with Crippen LogP contribution in [-0.4, -0.2) is 32.4 Å². The van der Waals surface area contributed by atoms with Crippen molar-refractivity contribution in [1.29, 1.82) is 0 Å². The minimum Gasteiger partial charge on any atom is -0.328 e.